The van der Waals surface area contributed by atoms with Gasteiger partial charge >= 0.3 is 6.09 Å². The maximum Gasteiger partial charge on any atom is 0.407 e. The molecule has 1 N–H and O–H groups in total. The van der Waals surface area contributed by atoms with Gasteiger partial charge in [0.15, 0.2) is 0 Å². The third kappa shape index (κ3) is 4.01. The van der Waals surface area contributed by atoms with Gasteiger partial charge in [0.05, 0.1) is 29.4 Å². The molecule has 0 spiro atoms. The number of rotatable bonds is 3. The Bertz CT molecular complexity index is 512. The summed E-state index contributed by atoms with van der Waals surface area (Å²) in [6.45, 7) is 1.42. The minimum atomic E-state index is -0.950. The molecule has 0 radical (unpaired) electrons. The number of ether oxygens (including phenoxy) is 2. The van der Waals surface area contributed by atoms with Gasteiger partial charge in [-0.25, -0.2) is 4.79 Å². The molecule has 0 saturated carbocycles. The Morgan fingerprint density at radius 3 is 2.86 bits per heavy atom. The van der Waals surface area contributed by atoms with Crippen molar-refractivity contribution in [1.29, 1.82) is 0 Å². The maximum absolute atomic E-state index is 11.2. The van der Waals surface area contributed by atoms with E-state index in [1.54, 1.807) is 19.2 Å². The first-order chi connectivity index (χ1) is 10.0. The highest BCUT2D eigenvalue weighted by Crippen LogP contribution is 2.33. The van der Waals surface area contributed by atoms with E-state index in [2.05, 4.69) is 0 Å². The lowest BCUT2D eigenvalue weighted by atomic mass is 9.96. The van der Waals surface area contributed by atoms with Gasteiger partial charge in [0, 0.05) is 26.1 Å². The van der Waals surface area contributed by atoms with Gasteiger partial charge in [-0.3, -0.25) is 0 Å². The molecule has 0 bridgehead atoms. The molecule has 2 unspecified atom stereocenters. The molecule has 7 heteroatoms. The zero-order valence-electron chi connectivity index (χ0n) is 11.6. The zero-order valence-corrected chi connectivity index (χ0v) is 13.1. The van der Waals surface area contributed by atoms with E-state index >= 15 is 0 Å². The van der Waals surface area contributed by atoms with Gasteiger partial charge in [-0.05, 0) is 17.7 Å². The summed E-state index contributed by atoms with van der Waals surface area (Å²) in [6.07, 6.45) is -1.22. The minimum Gasteiger partial charge on any atom is -0.465 e. The van der Waals surface area contributed by atoms with Crippen LogP contribution >= 0.6 is 23.2 Å². The lowest BCUT2D eigenvalue weighted by Gasteiger charge is -2.26. The van der Waals surface area contributed by atoms with E-state index in [4.69, 9.17) is 32.7 Å². The van der Waals surface area contributed by atoms with Crippen molar-refractivity contribution in [2.75, 3.05) is 33.4 Å². The Kier molecular flexibility index (Phi) is 5.70. The number of hydrogen-bond donors (Lipinski definition) is 1. The molecule has 1 saturated heterocycles. The number of carboxylic acid groups (broad SMARTS) is 1. The molecule has 21 heavy (non-hydrogen) atoms. The highest BCUT2D eigenvalue weighted by molar-refractivity contribution is 6.42. The van der Waals surface area contributed by atoms with Crippen LogP contribution in [-0.2, 0) is 9.47 Å². The fraction of sp³-hybridized carbons (Fsp3) is 0.500. The SMILES string of the molecule is COCC1CN(C(=O)O)CCOC1c1ccc(Cl)c(Cl)c1. The van der Waals surface area contributed by atoms with Crippen molar-refractivity contribution < 1.29 is 19.4 Å². The van der Waals surface area contributed by atoms with Crippen molar-refractivity contribution in [2.45, 2.75) is 6.10 Å². The number of nitrogens with zero attached hydrogens (tertiary/aromatic N) is 1. The monoisotopic (exact) mass is 333 g/mol. The molecule has 1 aromatic carbocycles. The van der Waals surface area contributed by atoms with Crippen LogP contribution in [0.3, 0.4) is 0 Å². The lowest BCUT2D eigenvalue weighted by Crippen LogP contribution is -2.36. The van der Waals surface area contributed by atoms with Crippen LogP contribution in [0.1, 0.15) is 11.7 Å². The van der Waals surface area contributed by atoms with Gasteiger partial charge in [0.25, 0.3) is 0 Å². The van der Waals surface area contributed by atoms with Gasteiger partial charge in [-0.1, -0.05) is 29.3 Å². The summed E-state index contributed by atoms with van der Waals surface area (Å²) in [5, 5.41) is 10.1. The normalized spacial score (nSPS) is 22.9. The van der Waals surface area contributed by atoms with E-state index in [0.29, 0.717) is 36.3 Å². The number of halogens is 2. The third-order valence-electron chi connectivity index (χ3n) is 3.47. The van der Waals surface area contributed by atoms with Crippen LogP contribution in [0.15, 0.2) is 18.2 Å². The summed E-state index contributed by atoms with van der Waals surface area (Å²) >= 11 is 12.0. The number of methoxy groups -OCH3 is 1. The van der Waals surface area contributed by atoms with Crippen molar-refractivity contribution >= 4 is 29.3 Å². The Balaban J connectivity index is 2.26. The van der Waals surface area contributed by atoms with E-state index < -0.39 is 6.09 Å². The summed E-state index contributed by atoms with van der Waals surface area (Å²) in [5.41, 5.74) is 0.874. The van der Waals surface area contributed by atoms with Crippen LogP contribution < -0.4 is 0 Å². The lowest BCUT2D eigenvalue weighted by molar-refractivity contribution is 0.00218. The molecule has 1 aromatic rings. The maximum atomic E-state index is 11.2. The van der Waals surface area contributed by atoms with Crippen LogP contribution in [0, 0.1) is 5.92 Å². The first-order valence-corrected chi connectivity index (χ1v) is 7.32. The molecule has 1 fully saturated rings. The summed E-state index contributed by atoms with van der Waals surface area (Å²) in [6, 6.07) is 5.32. The van der Waals surface area contributed by atoms with Crippen molar-refractivity contribution in [3.05, 3.63) is 33.8 Å². The van der Waals surface area contributed by atoms with E-state index in [1.165, 1.54) is 4.90 Å². The van der Waals surface area contributed by atoms with Gasteiger partial charge in [0.2, 0.25) is 0 Å². The smallest absolute Gasteiger partial charge is 0.407 e. The van der Waals surface area contributed by atoms with Gasteiger partial charge in [-0.15, -0.1) is 0 Å². The minimum absolute atomic E-state index is 0.106. The second-order valence-electron chi connectivity index (χ2n) is 4.91. The van der Waals surface area contributed by atoms with Crippen molar-refractivity contribution in [3.8, 4) is 0 Å². The Labute approximate surface area is 133 Å². The number of hydrogen-bond acceptors (Lipinski definition) is 3. The first kappa shape index (κ1) is 16.4. The molecule has 1 aliphatic heterocycles. The molecule has 1 amide bonds. The fourth-order valence-corrected chi connectivity index (χ4v) is 2.79. The summed E-state index contributed by atoms with van der Waals surface area (Å²) in [5.74, 6) is -0.106. The quantitative estimate of drug-likeness (QED) is 0.921. The molecule has 2 rings (SSSR count). The summed E-state index contributed by atoms with van der Waals surface area (Å²) in [4.78, 5) is 12.5. The second-order valence-corrected chi connectivity index (χ2v) is 5.72. The fourth-order valence-electron chi connectivity index (χ4n) is 2.48. The van der Waals surface area contributed by atoms with E-state index in [0.717, 1.165) is 5.56 Å². The number of carbonyl (C=O) groups is 1. The Morgan fingerprint density at radius 2 is 2.24 bits per heavy atom. The predicted molar refractivity (Wildman–Crippen MR) is 80.1 cm³/mol. The third-order valence-corrected chi connectivity index (χ3v) is 4.20. The molecule has 5 nitrogen and oxygen atoms in total. The van der Waals surface area contributed by atoms with Gasteiger partial charge < -0.3 is 19.5 Å². The van der Waals surface area contributed by atoms with Crippen molar-refractivity contribution in [1.82, 2.24) is 4.90 Å². The average molecular weight is 334 g/mol. The molecule has 1 heterocycles. The molecule has 0 aliphatic carbocycles. The van der Waals surface area contributed by atoms with E-state index in [9.17, 15) is 9.90 Å². The molecule has 2 atom stereocenters. The predicted octanol–water partition coefficient (Wildman–Crippen LogP) is 3.31. The van der Waals surface area contributed by atoms with Crippen molar-refractivity contribution in [2.24, 2.45) is 5.92 Å². The van der Waals surface area contributed by atoms with Crippen LogP contribution in [0.25, 0.3) is 0 Å². The van der Waals surface area contributed by atoms with Crippen molar-refractivity contribution in [3.63, 3.8) is 0 Å². The molecule has 1 aliphatic rings. The first-order valence-electron chi connectivity index (χ1n) is 6.56. The second kappa shape index (κ2) is 7.31. The molecule has 0 aromatic heterocycles. The average Bonchev–Trinajstić information content (AvgIpc) is 2.65. The van der Waals surface area contributed by atoms with Crippen LogP contribution in [0.4, 0.5) is 4.79 Å². The van der Waals surface area contributed by atoms with Gasteiger partial charge in [0.1, 0.15) is 0 Å². The number of benzene rings is 1. The highest BCUT2D eigenvalue weighted by atomic mass is 35.5. The Morgan fingerprint density at radius 1 is 1.48 bits per heavy atom. The van der Waals surface area contributed by atoms with Crippen LogP contribution in [0.2, 0.25) is 10.0 Å². The highest BCUT2D eigenvalue weighted by Gasteiger charge is 2.31. The molecule has 116 valence electrons. The van der Waals surface area contributed by atoms with Gasteiger partial charge in [-0.2, -0.15) is 0 Å². The summed E-state index contributed by atoms with van der Waals surface area (Å²) < 4.78 is 11.1. The summed E-state index contributed by atoms with van der Waals surface area (Å²) in [7, 11) is 1.59. The zero-order chi connectivity index (χ0) is 15.4. The Hall–Kier alpha value is -1.01. The number of amides is 1. The van der Waals surface area contributed by atoms with Crippen LogP contribution in [-0.4, -0.2) is 49.5 Å². The standard InChI is InChI=1S/C14H17Cl2NO4/c1-20-8-10-7-17(14(18)19)4-5-21-13(10)9-2-3-11(15)12(16)6-9/h2-3,6,10,13H,4-5,7-8H2,1H3,(H,18,19). The molecular weight excluding hydrogens is 317 g/mol. The molecular formula is C14H17Cl2NO4. The van der Waals surface area contributed by atoms with E-state index in [-0.39, 0.29) is 12.0 Å². The topological polar surface area (TPSA) is 59.0 Å². The van der Waals surface area contributed by atoms with Crippen LogP contribution in [0.5, 0.6) is 0 Å². The largest absolute Gasteiger partial charge is 0.465 e. The van der Waals surface area contributed by atoms with E-state index in [1.807, 2.05) is 6.07 Å².